The fourth-order valence-electron chi connectivity index (χ4n) is 2.16. The summed E-state index contributed by atoms with van der Waals surface area (Å²) in [5, 5.41) is 4.07. The molecule has 0 amide bonds. The highest BCUT2D eigenvalue weighted by atomic mass is 32.2. The zero-order chi connectivity index (χ0) is 14.8. The third-order valence-electron chi connectivity index (χ3n) is 3.00. The zero-order valence-electron chi connectivity index (χ0n) is 11.9. The van der Waals surface area contributed by atoms with E-state index in [1.54, 1.807) is 29.9 Å². The second kappa shape index (κ2) is 5.76. The van der Waals surface area contributed by atoms with E-state index in [1.807, 2.05) is 32.2 Å². The summed E-state index contributed by atoms with van der Waals surface area (Å²) < 4.78 is 29.1. The molecule has 0 aliphatic carbocycles. The van der Waals surface area contributed by atoms with E-state index in [-0.39, 0.29) is 6.04 Å². The van der Waals surface area contributed by atoms with Crippen molar-refractivity contribution in [2.24, 2.45) is 0 Å². The summed E-state index contributed by atoms with van der Waals surface area (Å²) in [6.07, 6.45) is 3.48. The van der Waals surface area contributed by atoms with Crippen LogP contribution < -0.4 is 4.72 Å². The number of rotatable bonds is 5. The first-order valence-electron chi connectivity index (χ1n) is 6.45. The summed E-state index contributed by atoms with van der Waals surface area (Å²) in [5.74, 6) is 0. The molecule has 1 aromatic heterocycles. The Hall–Kier alpha value is -1.66. The minimum Gasteiger partial charge on any atom is -0.271 e. The van der Waals surface area contributed by atoms with E-state index in [1.165, 1.54) is 0 Å². The Bertz CT molecular complexity index is 678. The van der Waals surface area contributed by atoms with Gasteiger partial charge in [0.15, 0.2) is 0 Å². The van der Waals surface area contributed by atoms with E-state index in [0.717, 1.165) is 11.1 Å². The lowest BCUT2D eigenvalue weighted by molar-refractivity contribution is 0.493. The first-order chi connectivity index (χ1) is 9.38. The number of hydrogen-bond acceptors (Lipinski definition) is 3. The van der Waals surface area contributed by atoms with Gasteiger partial charge in [-0.2, -0.15) is 5.10 Å². The largest absolute Gasteiger partial charge is 0.271 e. The summed E-state index contributed by atoms with van der Waals surface area (Å²) in [7, 11) is -3.50. The van der Waals surface area contributed by atoms with Crippen molar-refractivity contribution in [3.05, 3.63) is 47.8 Å². The lowest BCUT2D eigenvalue weighted by Crippen LogP contribution is -2.36. The maximum absolute atomic E-state index is 12.4. The molecule has 6 heteroatoms. The predicted octanol–water partition coefficient (Wildman–Crippen LogP) is 1.87. The minimum atomic E-state index is -3.50. The van der Waals surface area contributed by atoms with E-state index >= 15 is 0 Å². The average molecular weight is 293 g/mol. The lowest BCUT2D eigenvalue weighted by Gasteiger charge is -2.15. The number of aryl methyl sites for hydroxylation is 2. The predicted molar refractivity (Wildman–Crippen MR) is 77.9 cm³/mol. The molecule has 0 saturated carbocycles. The summed E-state index contributed by atoms with van der Waals surface area (Å²) in [5.41, 5.74) is 1.80. The van der Waals surface area contributed by atoms with Crippen LogP contribution in [0.15, 0.2) is 41.6 Å². The van der Waals surface area contributed by atoms with Crippen LogP contribution in [0.5, 0.6) is 0 Å². The molecule has 2 aromatic rings. The summed E-state index contributed by atoms with van der Waals surface area (Å²) in [6, 6.07) is 6.89. The van der Waals surface area contributed by atoms with Gasteiger partial charge in [-0.15, -0.1) is 0 Å². The quantitative estimate of drug-likeness (QED) is 0.915. The van der Waals surface area contributed by atoms with Gasteiger partial charge in [-0.1, -0.05) is 17.7 Å². The van der Waals surface area contributed by atoms with Gasteiger partial charge in [0.2, 0.25) is 10.0 Å². The van der Waals surface area contributed by atoms with Crippen molar-refractivity contribution in [2.45, 2.75) is 38.3 Å². The molecule has 5 nitrogen and oxygen atoms in total. The van der Waals surface area contributed by atoms with Crippen molar-refractivity contribution < 1.29 is 8.42 Å². The highest BCUT2D eigenvalue weighted by Gasteiger charge is 2.19. The van der Waals surface area contributed by atoms with E-state index in [4.69, 9.17) is 0 Å². The molecule has 0 unspecified atom stereocenters. The van der Waals surface area contributed by atoms with Crippen LogP contribution in [0.4, 0.5) is 0 Å². The molecular weight excluding hydrogens is 274 g/mol. The molecule has 108 valence electrons. The van der Waals surface area contributed by atoms with Crippen molar-refractivity contribution in [2.75, 3.05) is 0 Å². The Morgan fingerprint density at radius 1 is 1.35 bits per heavy atom. The molecule has 0 bridgehead atoms. The van der Waals surface area contributed by atoms with Gasteiger partial charge in [0, 0.05) is 18.4 Å². The second-order valence-electron chi connectivity index (χ2n) is 5.02. The normalized spacial score (nSPS) is 13.3. The first kappa shape index (κ1) is 14.7. The van der Waals surface area contributed by atoms with Crippen molar-refractivity contribution in [3.8, 4) is 0 Å². The molecular formula is C14H19N3O2S. The van der Waals surface area contributed by atoms with Crippen LogP contribution in [0, 0.1) is 13.8 Å². The van der Waals surface area contributed by atoms with Gasteiger partial charge in [-0.25, -0.2) is 13.1 Å². The second-order valence-corrected chi connectivity index (χ2v) is 6.70. The maximum Gasteiger partial charge on any atom is 0.241 e. The minimum absolute atomic E-state index is 0.236. The van der Waals surface area contributed by atoms with Crippen molar-refractivity contribution in [1.29, 1.82) is 0 Å². The van der Waals surface area contributed by atoms with E-state index in [9.17, 15) is 8.42 Å². The third kappa shape index (κ3) is 3.46. The molecule has 2 rings (SSSR count). The average Bonchev–Trinajstić information content (AvgIpc) is 2.79. The van der Waals surface area contributed by atoms with Crippen LogP contribution in [0.1, 0.15) is 18.1 Å². The number of hydrogen-bond donors (Lipinski definition) is 1. The first-order valence-corrected chi connectivity index (χ1v) is 7.94. The maximum atomic E-state index is 12.4. The molecule has 20 heavy (non-hydrogen) atoms. The number of sulfonamides is 1. The standard InChI is InChI=1S/C14H19N3O2S/c1-11-5-6-14(12(2)9-11)20(18,19)16-13(3)10-17-8-4-7-15-17/h4-9,13,16H,10H2,1-3H3/t13-/m1/s1. The molecule has 0 fully saturated rings. The van der Waals surface area contributed by atoms with Gasteiger partial charge in [0.1, 0.15) is 0 Å². The van der Waals surface area contributed by atoms with Crippen molar-refractivity contribution in [1.82, 2.24) is 14.5 Å². The molecule has 0 spiro atoms. The molecule has 1 heterocycles. The lowest BCUT2D eigenvalue weighted by atomic mass is 10.2. The molecule has 0 saturated heterocycles. The molecule has 1 N–H and O–H groups in total. The molecule has 1 aromatic carbocycles. The number of nitrogens with one attached hydrogen (secondary N) is 1. The fraction of sp³-hybridized carbons (Fsp3) is 0.357. The topological polar surface area (TPSA) is 64.0 Å². The molecule has 0 aliphatic heterocycles. The zero-order valence-corrected chi connectivity index (χ0v) is 12.7. The third-order valence-corrected chi connectivity index (χ3v) is 4.75. The summed E-state index contributed by atoms with van der Waals surface area (Å²) in [6.45, 7) is 6.07. The SMILES string of the molecule is Cc1ccc(S(=O)(=O)N[C@H](C)Cn2cccn2)c(C)c1. The van der Waals surface area contributed by atoms with Crippen LogP contribution >= 0.6 is 0 Å². The van der Waals surface area contributed by atoms with Gasteiger partial charge in [-0.05, 0) is 38.5 Å². The van der Waals surface area contributed by atoms with E-state index in [0.29, 0.717) is 11.4 Å². The molecule has 0 radical (unpaired) electrons. The van der Waals surface area contributed by atoms with Gasteiger partial charge >= 0.3 is 0 Å². The Morgan fingerprint density at radius 3 is 2.70 bits per heavy atom. The Kier molecular flexibility index (Phi) is 4.25. The highest BCUT2D eigenvalue weighted by molar-refractivity contribution is 7.89. The summed E-state index contributed by atoms with van der Waals surface area (Å²) >= 11 is 0. The summed E-state index contributed by atoms with van der Waals surface area (Å²) in [4.78, 5) is 0.329. The Balaban J connectivity index is 2.14. The smallest absolute Gasteiger partial charge is 0.241 e. The van der Waals surface area contributed by atoms with Gasteiger partial charge in [-0.3, -0.25) is 4.68 Å². The Labute approximate surface area is 119 Å². The number of nitrogens with zero attached hydrogens (tertiary/aromatic N) is 2. The molecule has 1 atom stereocenters. The fourth-order valence-corrected chi connectivity index (χ4v) is 3.62. The number of benzene rings is 1. The van der Waals surface area contributed by atoms with Crippen molar-refractivity contribution >= 4 is 10.0 Å². The van der Waals surface area contributed by atoms with Crippen molar-refractivity contribution in [3.63, 3.8) is 0 Å². The van der Waals surface area contributed by atoms with Crippen LogP contribution in [-0.2, 0) is 16.6 Å². The van der Waals surface area contributed by atoms with Gasteiger partial charge in [0.25, 0.3) is 0 Å². The van der Waals surface area contributed by atoms with Gasteiger partial charge in [0.05, 0.1) is 11.4 Å². The number of aromatic nitrogens is 2. The Morgan fingerprint density at radius 2 is 2.10 bits per heavy atom. The van der Waals surface area contributed by atoms with E-state index in [2.05, 4.69) is 9.82 Å². The molecule has 0 aliphatic rings. The van der Waals surface area contributed by atoms with Crippen LogP contribution in [0.3, 0.4) is 0 Å². The van der Waals surface area contributed by atoms with Crippen LogP contribution in [0.2, 0.25) is 0 Å². The van der Waals surface area contributed by atoms with E-state index < -0.39 is 10.0 Å². The van der Waals surface area contributed by atoms with Crippen LogP contribution in [-0.4, -0.2) is 24.2 Å². The van der Waals surface area contributed by atoms with Gasteiger partial charge < -0.3 is 0 Å². The monoisotopic (exact) mass is 293 g/mol. The van der Waals surface area contributed by atoms with Crippen LogP contribution in [0.25, 0.3) is 0 Å². The highest BCUT2D eigenvalue weighted by Crippen LogP contribution is 2.16.